The van der Waals surface area contributed by atoms with Gasteiger partial charge in [-0.05, 0) is 44.5 Å². The second-order valence-electron chi connectivity index (χ2n) is 6.38. The molecule has 6 heteroatoms. The summed E-state index contributed by atoms with van der Waals surface area (Å²) in [5.41, 5.74) is 3.37. The van der Waals surface area contributed by atoms with E-state index in [2.05, 4.69) is 42.2 Å². The fourth-order valence-corrected chi connectivity index (χ4v) is 4.22. The molecule has 5 nitrogen and oxygen atoms in total. The van der Waals surface area contributed by atoms with Crippen LogP contribution in [0.25, 0.3) is 16.7 Å². The third-order valence-electron chi connectivity index (χ3n) is 4.58. The second kappa shape index (κ2) is 6.61. The summed E-state index contributed by atoms with van der Waals surface area (Å²) in [5.74, 6) is 2.15. The number of para-hydroxylation sites is 1. The molecular weight excluding hydrogens is 344 g/mol. The van der Waals surface area contributed by atoms with Crippen LogP contribution in [0.4, 0.5) is 0 Å². The minimum absolute atomic E-state index is 0.0171. The van der Waals surface area contributed by atoms with Crippen LogP contribution in [0.5, 0.6) is 0 Å². The van der Waals surface area contributed by atoms with E-state index < -0.39 is 0 Å². The molecule has 4 rings (SSSR count). The molecule has 0 aliphatic heterocycles. The Morgan fingerprint density at radius 2 is 1.88 bits per heavy atom. The van der Waals surface area contributed by atoms with Crippen molar-refractivity contribution in [2.75, 3.05) is 0 Å². The van der Waals surface area contributed by atoms with Crippen molar-refractivity contribution >= 4 is 28.4 Å². The van der Waals surface area contributed by atoms with E-state index in [0.29, 0.717) is 23.5 Å². The first-order valence-corrected chi connectivity index (χ1v) is 9.64. The number of aromatic nitrogens is 4. The molecule has 2 aromatic carbocycles. The molecule has 0 fully saturated rings. The normalized spacial score (nSPS) is 11.5. The van der Waals surface area contributed by atoms with Crippen molar-refractivity contribution in [3.05, 3.63) is 69.8 Å². The highest BCUT2D eigenvalue weighted by Gasteiger charge is 2.15. The van der Waals surface area contributed by atoms with E-state index in [-0.39, 0.29) is 5.56 Å². The average molecular weight is 364 g/mol. The molecule has 0 aliphatic carbocycles. The van der Waals surface area contributed by atoms with Crippen LogP contribution in [-0.2, 0) is 12.3 Å². The molecule has 0 aliphatic rings. The topological polar surface area (TPSA) is 52.2 Å². The number of hydrogen-bond donors (Lipinski definition) is 0. The second-order valence-corrected chi connectivity index (χ2v) is 7.39. The molecule has 26 heavy (non-hydrogen) atoms. The molecule has 0 N–H and O–H groups in total. The minimum atomic E-state index is -0.0171. The van der Waals surface area contributed by atoms with Crippen LogP contribution in [0.2, 0.25) is 0 Å². The average Bonchev–Trinajstić information content (AvgIpc) is 3.05. The van der Waals surface area contributed by atoms with E-state index in [1.807, 2.05) is 35.6 Å². The van der Waals surface area contributed by atoms with Gasteiger partial charge in [0.05, 0.1) is 16.7 Å². The molecule has 0 unspecified atom stereocenters. The molecule has 0 atom stereocenters. The molecule has 0 bridgehead atoms. The lowest BCUT2D eigenvalue weighted by atomic mass is 10.2. The van der Waals surface area contributed by atoms with Crippen molar-refractivity contribution in [3.63, 3.8) is 0 Å². The first kappa shape index (κ1) is 16.8. The first-order valence-electron chi connectivity index (χ1n) is 8.65. The summed E-state index contributed by atoms with van der Waals surface area (Å²) in [5, 5.41) is 9.40. The predicted octanol–water partition coefficient (Wildman–Crippen LogP) is 3.97. The number of rotatable bonds is 4. The molecule has 2 aromatic heterocycles. The van der Waals surface area contributed by atoms with Gasteiger partial charge in [-0.1, -0.05) is 29.8 Å². The van der Waals surface area contributed by atoms with Gasteiger partial charge in [-0.15, -0.1) is 22.0 Å². The van der Waals surface area contributed by atoms with Crippen LogP contribution in [0.1, 0.15) is 23.9 Å². The first-order chi connectivity index (χ1) is 12.6. The summed E-state index contributed by atoms with van der Waals surface area (Å²) in [6.07, 6.45) is 0. The molecule has 4 aromatic rings. The van der Waals surface area contributed by atoms with Gasteiger partial charge in [0.2, 0.25) is 5.78 Å². The van der Waals surface area contributed by atoms with Gasteiger partial charge in [0.1, 0.15) is 5.82 Å². The Kier molecular flexibility index (Phi) is 4.28. The Labute approximate surface area is 155 Å². The summed E-state index contributed by atoms with van der Waals surface area (Å²) >= 11 is 1.74. The third kappa shape index (κ3) is 2.70. The SMILES string of the molecule is CCn1c(=O)c2ccccc2n2c(CSc3ccc(C)cc3C)nnc12. The Hall–Kier alpha value is -2.60. The van der Waals surface area contributed by atoms with Crippen molar-refractivity contribution in [2.24, 2.45) is 0 Å². The van der Waals surface area contributed by atoms with Gasteiger partial charge in [-0.2, -0.15) is 0 Å². The molecule has 0 amide bonds. The number of benzene rings is 2. The van der Waals surface area contributed by atoms with Gasteiger partial charge in [0.25, 0.3) is 5.56 Å². The number of thioether (sulfide) groups is 1. The lowest BCUT2D eigenvalue weighted by Crippen LogP contribution is -2.22. The van der Waals surface area contributed by atoms with Gasteiger partial charge < -0.3 is 0 Å². The van der Waals surface area contributed by atoms with E-state index in [9.17, 15) is 4.79 Å². The van der Waals surface area contributed by atoms with E-state index in [4.69, 9.17) is 0 Å². The molecule has 2 heterocycles. The lowest BCUT2D eigenvalue weighted by Gasteiger charge is -2.10. The summed E-state index contributed by atoms with van der Waals surface area (Å²) in [6.45, 7) is 6.75. The number of aryl methyl sites for hydroxylation is 3. The monoisotopic (exact) mass is 364 g/mol. The highest BCUT2D eigenvalue weighted by Crippen LogP contribution is 2.27. The highest BCUT2D eigenvalue weighted by molar-refractivity contribution is 7.98. The summed E-state index contributed by atoms with van der Waals surface area (Å²) < 4.78 is 3.69. The van der Waals surface area contributed by atoms with Gasteiger partial charge >= 0.3 is 0 Å². The van der Waals surface area contributed by atoms with Crippen LogP contribution >= 0.6 is 11.8 Å². The predicted molar refractivity (Wildman–Crippen MR) is 106 cm³/mol. The summed E-state index contributed by atoms with van der Waals surface area (Å²) in [6, 6.07) is 14.1. The third-order valence-corrected chi connectivity index (χ3v) is 5.75. The molecule has 0 spiro atoms. The van der Waals surface area contributed by atoms with Crippen molar-refractivity contribution in [3.8, 4) is 0 Å². The fraction of sp³-hybridized carbons (Fsp3) is 0.250. The molecule has 0 saturated heterocycles. The van der Waals surface area contributed by atoms with Crippen molar-refractivity contribution in [1.82, 2.24) is 19.2 Å². The van der Waals surface area contributed by atoms with Gasteiger partial charge in [-0.3, -0.25) is 13.8 Å². The fourth-order valence-electron chi connectivity index (χ4n) is 3.30. The molecule has 0 radical (unpaired) electrons. The van der Waals surface area contributed by atoms with E-state index in [1.165, 1.54) is 16.0 Å². The van der Waals surface area contributed by atoms with Crippen LogP contribution < -0.4 is 5.56 Å². The number of nitrogens with zero attached hydrogens (tertiary/aromatic N) is 4. The van der Waals surface area contributed by atoms with E-state index in [1.54, 1.807) is 16.3 Å². The smallest absolute Gasteiger partial charge is 0.262 e. The maximum absolute atomic E-state index is 12.7. The molecule has 132 valence electrons. The van der Waals surface area contributed by atoms with Crippen LogP contribution in [0.3, 0.4) is 0 Å². The lowest BCUT2D eigenvalue weighted by molar-refractivity contribution is 0.735. The Balaban J connectivity index is 1.84. The number of fused-ring (bicyclic) bond motifs is 3. The standard InChI is InChI=1S/C20H20N4OS/c1-4-23-19(25)15-7-5-6-8-16(15)24-18(21-22-20(23)24)12-26-17-10-9-13(2)11-14(17)3/h5-11H,4,12H2,1-3H3. The van der Waals surface area contributed by atoms with Gasteiger partial charge in [-0.25, -0.2) is 0 Å². The zero-order valence-corrected chi connectivity index (χ0v) is 15.9. The van der Waals surface area contributed by atoms with Crippen molar-refractivity contribution < 1.29 is 0 Å². The van der Waals surface area contributed by atoms with Crippen LogP contribution in [0, 0.1) is 13.8 Å². The summed E-state index contributed by atoms with van der Waals surface area (Å²) in [7, 11) is 0. The highest BCUT2D eigenvalue weighted by atomic mass is 32.2. The van der Waals surface area contributed by atoms with Crippen molar-refractivity contribution in [2.45, 2.75) is 38.0 Å². The van der Waals surface area contributed by atoms with Gasteiger partial charge in [0, 0.05) is 11.4 Å². The molecular formula is C20H20N4OS. The van der Waals surface area contributed by atoms with E-state index in [0.717, 1.165) is 11.3 Å². The van der Waals surface area contributed by atoms with E-state index >= 15 is 0 Å². The Bertz CT molecular complexity index is 1180. The quantitative estimate of drug-likeness (QED) is 0.514. The minimum Gasteiger partial charge on any atom is -0.277 e. The zero-order chi connectivity index (χ0) is 18.3. The van der Waals surface area contributed by atoms with Crippen LogP contribution in [0.15, 0.2) is 52.2 Å². The Morgan fingerprint density at radius 1 is 1.08 bits per heavy atom. The van der Waals surface area contributed by atoms with Gasteiger partial charge in [0.15, 0.2) is 0 Å². The zero-order valence-electron chi connectivity index (χ0n) is 15.1. The largest absolute Gasteiger partial charge is 0.277 e. The maximum Gasteiger partial charge on any atom is 0.262 e. The van der Waals surface area contributed by atoms with Crippen molar-refractivity contribution in [1.29, 1.82) is 0 Å². The van der Waals surface area contributed by atoms with Crippen LogP contribution in [-0.4, -0.2) is 19.2 Å². The number of hydrogen-bond acceptors (Lipinski definition) is 4. The summed E-state index contributed by atoms with van der Waals surface area (Å²) in [4.78, 5) is 14.0. The molecule has 0 saturated carbocycles. The maximum atomic E-state index is 12.7. The Morgan fingerprint density at radius 3 is 2.65 bits per heavy atom.